The lowest BCUT2D eigenvalue weighted by Gasteiger charge is -2.05. The maximum Gasteiger partial charge on any atom is 0.356 e. The van der Waals surface area contributed by atoms with E-state index >= 15 is 0 Å². The molecule has 108 valence electrons. The zero-order valence-corrected chi connectivity index (χ0v) is 10.9. The molecule has 0 aliphatic rings. The summed E-state index contributed by atoms with van der Waals surface area (Å²) >= 11 is 0. The first kappa shape index (κ1) is 15.6. The van der Waals surface area contributed by atoms with Gasteiger partial charge in [-0.15, -0.1) is 0 Å². The molecular weight excluding hydrogens is 264 g/mol. The van der Waals surface area contributed by atoms with Gasteiger partial charge in [-0.05, 0) is 12.0 Å². The highest BCUT2D eigenvalue weighted by Crippen LogP contribution is 2.04. The lowest BCUT2D eigenvalue weighted by Crippen LogP contribution is -2.18. The van der Waals surface area contributed by atoms with Crippen LogP contribution in [0.1, 0.15) is 24.8 Å². The van der Waals surface area contributed by atoms with E-state index < -0.39 is 10.9 Å². The van der Waals surface area contributed by atoms with Gasteiger partial charge in [0.2, 0.25) is 6.54 Å². The van der Waals surface area contributed by atoms with E-state index in [0.29, 0.717) is 12.8 Å². The summed E-state index contributed by atoms with van der Waals surface area (Å²) in [5.74, 6) is -0.711. The van der Waals surface area contributed by atoms with E-state index in [1.165, 1.54) is 0 Å². The highest BCUT2D eigenvalue weighted by Gasteiger charge is 2.14. The van der Waals surface area contributed by atoms with E-state index in [1.54, 1.807) is 12.1 Å². The lowest BCUT2D eigenvalue weighted by atomic mass is 10.1. The zero-order valence-electron chi connectivity index (χ0n) is 10.9. The Labute approximate surface area is 116 Å². The number of carbonyl (C=O) groups is 1. The van der Waals surface area contributed by atoms with Gasteiger partial charge in [0.25, 0.3) is 0 Å². The Morgan fingerprint density at radius 1 is 1.30 bits per heavy atom. The molecule has 0 bridgehead atoms. The Morgan fingerprint density at radius 3 is 2.60 bits per heavy atom. The summed E-state index contributed by atoms with van der Waals surface area (Å²) < 4.78 is 5.00. The quantitative estimate of drug-likeness (QED) is 0.196. The smallest absolute Gasteiger partial charge is 0.356 e. The normalized spacial score (nSPS) is 11.1. The predicted molar refractivity (Wildman–Crippen MR) is 71.2 cm³/mol. The molecule has 0 unspecified atom stereocenters. The molecule has 0 spiro atoms. The Kier molecular flexibility index (Phi) is 6.74. The number of ether oxygens (including phenoxy) is 1. The van der Waals surface area contributed by atoms with Gasteiger partial charge in [0.15, 0.2) is 5.71 Å². The van der Waals surface area contributed by atoms with Crippen molar-refractivity contribution in [2.24, 2.45) is 5.16 Å². The molecule has 1 N–H and O–H groups in total. The van der Waals surface area contributed by atoms with Crippen molar-refractivity contribution in [2.75, 3.05) is 6.54 Å². The summed E-state index contributed by atoms with van der Waals surface area (Å²) in [6.07, 6.45) is 0.858. The van der Waals surface area contributed by atoms with Gasteiger partial charge in [0, 0.05) is 17.8 Å². The van der Waals surface area contributed by atoms with Crippen LogP contribution in [0.3, 0.4) is 0 Å². The first-order valence-electron chi connectivity index (χ1n) is 6.17. The van der Waals surface area contributed by atoms with Crippen molar-refractivity contribution in [3.63, 3.8) is 0 Å². The van der Waals surface area contributed by atoms with Gasteiger partial charge in [-0.25, -0.2) is 4.79 Å². The number of carbonyl (C=O) groups excluding carboxylic acids is 1. The number of nitrogens with zero attached hydrogens (tertiary/aromatic N) is 2. The lowest BCUT2D eigenvalue weighted by molar-refractivity contribution is -0.480. The highest BCUT2D eigenvalue weighted by molar-refractivity contribution is 6.36. The Morgan fingerprint density at radius 2 is 2.00 bits per heavy atom. The second kappa shape index (κ2) is 8.63. The fourth-order valence-electron chi connectivity index (χ4n) is 1.53. The zero-order chi connectivity index (χ0) is 14.8. The van der Waals surface area contributed by atoms with Crippen LogP contribution < -0.4 is 0 Å². The molecule has 0 saturated carbocycles. The minimum Gasteiger partial charge on any atom is -0.456 e. The number of esters is 1. The minimum absolute atomic E-state index is 0.0909. The molecular formula is C13H16N2O5. The van der Waals surface area contributed by atoms with Crippen LogP contribution in [-0.2, 0) is 16.1 Å². The fraction of sp³-hybridized carbons (Fsp3) is 0.385. The maximum atomic E-state index is 11.6. The monoisotopic (exact) mass is 280 g/mol. The molecule has 0 heterocycles. The third-order valence-corrected chi connectivity index (χ3v) is 2.57. The largest absolute Gasteiger partial charge is 0.456 e. The molecule has 0 fully saturated rings. The van der Waals surface area contributed by atoms with Crippen molar-refractivity contribution < 1.29 is 19.7 Å². The third kappa shape index (κ3) is 5.94. The fourth-order valence-corrected chi connectivity index (χ4v) is 1.53. The summed E-state index contributed by atoms with van der Waals surface area (Å²) in [4.78, 5) is 21.3. The average molecular weight is 280 g/mol. The summed E-state index contributed by atoms with van der Waals surface area (Å²) in [5, 5.41) is 21.8. The number of hydrogen-bond acceptors (Lipinski definition) is 6. The van der Waals surface area contributed by atoms with Crippen molar-refractivity contribution in [3.05, 3.63) is 46.0 Å². The summed E-state index contributed by atoms with van der Waals surface area (Å²) in [6.45, 7) is -0.0780. The molecule has 0 amide bonds. The number of benzene rings is 1. The van der Waals surface area contributed by atoms with Gasteiger partial charge in [-0.3, -0.25) is 10.1 Å². The van der Waals surface area contributed by atoms with Crippen LogP contribution >= 0.6 is 0 Å². The predicted octanol–water partition coefficient (Wildman–Crippen LogP) is 2.01. The number of unbranched alkanes of at least 4 members (excludes halogenated alkanes) is 1. The van der Waals surface area contributed by atoms with Crippen molar-refractivity contribution in [3.8, 4) is 0 Å². The van der Waals surface area contributed by atoms with Crippen LogP contribution in [0.2, 0.25) is 0 Å². The summed E-state index contributed by atoms with van der Waals surface area (Å²) in [7, 11) is 0. The molecule has 1 aromatic carbocycles. The molecule has 0 atom stereocenters. The topological polar surface area (TPSA) is 102 Å². The maximum absolute atomic E-state index is 11.6. The molecule has 0 aliphatic carbocycles. The molecule has 0 radical (unpaired) electrons. The molecule has 1 rings (SSSR count). The molecule has 20 heavy (non-hydrogen) atoms. The summed E-state index contributed by atoms with van der Waals surface area (Å²) in [6, 6.07) is 9.10. The molecule has 0 aromatic heterocycles. The van der Waals surface area contributed by atoms with Gasteiger partial charge in [0.1, 0.15) is 6.61 Å². The minimum atomic E-state index is -0.711. The van der Waals surface area contributed by atoms with Crippen molar-refractivity contribution in [1.29, 1.82) is 0 Å². The number of nitro groups is 1. The van der Waals surface area contributed by atoms with Gasteiger partial charge >= 0.3 is 5.97 Å². The number of oxime groups is 1. The van der Waals surface area contributed by atoms with Crippen LogP contribution in [-0.4, -0.2) is 28.4 Å². The van der Waals surface area contributed by atoms with Crippen molar-refractivity contribution in [2.45, 2.75) is 25.9 Å². The van der Waals surface area contributed by atoms with Crippen LogP contribution in [0.25, 0.3) is 0 Å². The number of hydrogen-bond donors (Lipinski definition) is 1. The van der Waals surface area contributed by atoms with Crippen molar-refractivity contribution in [1.82, 2.24) is 0 Å². The second-order valence-electron chi connectivity index (χ2n) is 4.12. The SMILES string of the molecule is O=C(OCc1ccccc1)/C(CCCC[N+](=O)[O-])=N\O. The summed E-state index contributed by atoms with van der Waals surface area (Å²) in [5.41, 5.74) is 0.704. The molecule has 7 nitrogen and oxygen atoms in total. The van der Waals surface area contributed by atoms with E-state index in [4.69, 9.17) is 9.94 Å². The van der Waals surface area contributed by atoms with Crippen molar-refractivity contribution >= 4 is 11.7 Å². The standard InChI is InChI=1S/C13H16N2O5/c16-13(20-10-11-6-2-1-3-7-11)12(14-17)8-4-5-9-15(18)19/h1-3,6-7,17H,4-5,8-10H2/b14-12-. The van der Waals surface area contributed by atoms with E-state index in [0.717, 1.165) is 5.56 Å². The van der Waals surface area contributed by atoms with Gasteiger partial charge in [0.05, 0.1) is 0 Å². The first-order chi connectivity index (χ1) is 9.63. The van der Waals surface area contributed by atoms with Gasteiger partial charge in [-0.2, -0.15) is 0 Å². The molecule has 7 heteroatoms. The number of rotatable bonds is 8. The first-order valence-corrected chi connectivity index (χ1v) is 6.17. The third-order valence-electron chi connectivity index (χ3n) is 2.57. The van der Waals surface area contributed by atoms with Gasteiger partial charge in [-0.1, -0.05) is 35.5 Å². The molecule has 0 saturated heterocycles. The van der Waals surface area contributed by atoms with Crippen LogP contribution in [0.5, 0.6) is 0 Å². The van der Waals surface area contributed by atoms with Crippen LogP contribution in [0, 0.1) is 10.1 Å². The van der Waals surface area contributed by atoms with Gasteiger partial charge < -0.3 is 9.94 Å². The molecule has 0 aliphatic heterocycles. The van der Waals surface area contributed by atoms with Crippen LogP contribution in [0.15, 0.2) is 35.5 Å². The van der Waals surface area contributed by atoms with E-state index in [-0.39, 0.29) is 25.3 Å². The second-order valence-corrected chi connectivity index (χ2v) is 4.12. The Balaban J connectivity index is 2.34. The van der Waals surface area contributed by atoms with E-state index in [9.17, 15) is 14.9 Å². The Hall–Kier alpha value is -2.44. The van der Waals surface area contributed by atoms with E-state index in [2.05, 4.69) is 5.16 Å². The molecule has 1 aromatic rings. The van der Waals surface area contributed by atoms with E-state index in [1.807, 2.05) is 18.2 Å². The Bertz CT molecular complexity index is 473. The van der Waals surface area contributed by atoms with Crippen LogP contribution in [0.4, 0.5) is 0 Å². The highest BCUT2D eigenvalue weighted by atomic mass is 16.6. The average Bonchev–Trinajstić information content (AvgIpc) is 2.45.